The molecule has 168 valence electrons. The molecule has 0 bridgehead atoms. The second-order valence-electron chi connectivity index (χ2n) is 8.23. The van der Waals surface area contributed by atoms with Crippen LogP contribution in [0.15, 0.2) is 66.7 Å². The predicted molar refractivity (Wildman–Crippen MR) is 127 cm³/mol. The molecule has 1 aromatic carbocycles. The molecule has 1 fully saturated rings. The molecule has 2 amide bonds. The number of nitrogens with zero attached hydrogens (tertiary/aromatic N) is 3. The second-order valence-corrected chi connectivity index (χ2v) is 8.66. The first-order valence-electron chi connectivity index (χ1n) is 10.8. The number of ether oxygens (including phenoxy) is 1. The van der Waals surface area contributed by atoms with Gasteiger partial charge in [-0.3, -0.25) is 0 Å². The molecule has 1 aliphatic heterocycles. The average Bonchev–Trinajstić information content (AvgIpc) is 2.81. The Kier molecular flexibility index (Phi) is 6.95. The van der Waals surface area contributed by atoms with Gasteiger partial charge in [0.15, 0.2) is 0 Å². The zero-order valence-electron chi connectivity index (χ0n) is 18.2. The molecule has 0 saturated carbocycles. The maximum Gasteiger partial charge on any atom is 0.319 e. The van der Waals surface area contributed by atoms with Crippen molar-refractivity contribution in [1.29, 1.82) is 0 Å². The number of anilines is 2. The lowest BCUT2D eigenvalue weighted by Gasteiger charge is -2.43. The molecular formula is C24H28ClN5O2. The van der Waals surface area contributed by atoms with Gasteiger partial charge in [-0.15, -0.1) is 0 Å². The number of methoxy groups -OCH3 is 1. The molecule has 2 heterocycles. The number of piperidine rings is 1. The van der Waals surface area contributed by atoms with E-state index in [0.717, 1.165) is 31.2 Å². The van der Waals surface area contributed by atoms with Crippen molar-refractivity contribution in [2.75, 3.05) is 30.4 Å². The molecule has 32 heavy (non-hydrogen) atoms. The van der Waals surface area contributed by atoms with Gasteiger partial charge in [0.25, 0.3) is 0 Å². The summed E-state index contributed by atoms with van der Waals surface area (Å²) in [7, 11) is 1.68. The van der Waals surface area contributed by atoms with Crippen molar-refractivity contribution in [3.63, 3.8) is 0 Å². The van der Waals surface area contributed by atoms with E-state index in [4.69, 9.17) is 16.3 Å². The number of benzene rings is 1. The molecule has 7 nitrogen and oxygen atoms in total. The van der Waals surface area contributed by atoms with Crippen LogP contribution in [0.3, 0.4) is 0 Å². The van der Waals surface area contributed by atoms with E-state index >= 15 is 0 Å². The Labute approximate surface area is 193 Å². The van der Waals surface area contributed by atoms with Gasteiger partial charge in [-0.25, -0.2) is 14.8 Å². The predicted octanol–water partition coefficient (Wildman–Crippen LogP) is 4.50. The first-order chi connectivity index (χ1) is 15.5. The molecule has 1 aliphatic carbocycles. The number of hydrogen-bond donors (Lipinski definition) is 2. The Morgan fingerprint density at radius 1 is 1.22 bits per heavy atom. The third-order valence-electron chi connectivity index (χ3n) is 6.16. The maximum absolute atomic E-state index is 12.8. The molecule has 2 aromatic rings. The van der Waals surface area contributed by atoms with Crippen molar-refractivity contribution in [3.8, 4) is 0 Å². The molecule has 2 N–H and O–H groups in total. The van der Waals surface area contributed by atoms with Crippen molar-refractivity contribution in [1.82, 2.24) is 15.3 Å². The summed E-state index contributed by atoms with van der Waals surface area (Å²) in [5.74, 6) is 2.31. The Balaban J connectivity index is 1.50. The number of nitrogens with one attached hydrogen (secondary N) is 2. The van der Waals surface area contributed by atoms with E-state index in [2.05, 4.69) is 44.6 Å². The molecule has 0 spiro atoms. The Morgan fingerprint density at radius 3 is 2.66 bits per heavy atom. The summed E-state index contributed by atoms with van der Waals surface area (Å²) in [6.07, 6.45) is 10.7. The Morgan fingerprint density at radius 2 is 1.97 bits per heavy atom. The Hall–Kier alpha value is -3.06. The van der Waals surface area contributed by atoms with Crippen LogP contribution < -0.4 is 15.5 Å². The van der Waals surface area contributed by atoms with Gasteiger partial charge in [0.05, 0.1) is 7.11 Å². The SMILES string of the molecule is COC1=CC(C)[C@@H](C2CN(c3ncccn3)CCC2NC(=O)Nc2ccc(Cl)cc2)C=C1. The first kappa shape index (κ1) is 22.1. The molecule has 3 unspecified atom stereocenters. The molecular weight excluding hydrogens is 426 g/mol. The minimum Gasteiger partial charge on any atom is -0.497 e. The quantitative estimate of drug-likeness (QED) is 0.696. The largest absolute Gasteiger partial charge is 0.497 e. The monoisotopic (exact) mass is 453 g/mol. The number of carbonyl (C=O) groups is 1. The second kappa shape index (κ2) is 10.0. The topological polar surface area (TPSA) is 79.4 Å². The summed E-state index contributed by atoms with van der Waals surface area (Å²) < 4.78 is 5.41. The van der Waals surface area contributed by atoms with Gasteiger partial charge < -0.3 is 20.3 Å². The van der Waals surface area contributed by atoms with Crippen LogP contribution >= 0.6 is 11.6 Å². The van der Waals surface area contributed by atoms with Gasteiger partial charge in [0.2, 0.25) is 5.95 Å². The molecule has 1 saturated heterocycles. The van der Waals surface area contributed by atoms with Crippen LogP contribution in [0.2, 0.25) is 5.02 Å². The highest BCUT2D eigenvalue weighted by atomic mass is 35.5. The van der Waals surface area contributed by atoms with Crippen molar-refractivity contribution >= 4 is 29.3 Å². The maximum atomic E-state index is 12.8. The number of amides is 2. The summed E-state index contributed by atoms with van der Waals surface area (Å²) in [5.41, 5.74) is 0.706. The van der Waals surface area contributed by atoms with Crippen LogP contribution in [-0.2, 0) is 4.74 Å². The number of urea groups is 1. The van der Waals surface area contributed by atoms with Crippen LogP contribution in [0.25, 0.3) is 0 Å². The van der Waals surface area contributed by atoms with E-state index in [9.17, 15) is 4.79 Å². The van der Waals surface area contributed by atoms with E-state index in [1.165, 1.54) is 0 Å². The molecule has 2 aliphatic rings. The lowest BCUT2D eigenvalue weighted by Crippen LogP contribution is -2.55. The smallest absolute Gasteiger partial charge is 0.319 e. The standard InChI is InChI=1S/C24H28ClN5O2/c1-16-14-19(32-2)8-9-20(16)21-15-30(23-26-11-3-12-27-23)13-10-22(21)29-24(31)28-18-6-4-17(25)5-7-18/h3-9,11-12,14,16,20-22H,10,13,15H2,1-2H3,(H2,28,29,31)/t16?,20-,21?,22?/m0/s1. The van der Waals surface area contributed by atoms with Crippen molar-refractivity contribution in [2.45, 2.75) is 19.4 Å². The van der Waals surface area contributed by atoms with Gasteiger partial charge in [-0.2, -0.15) is 0 Å². The van der Waals surface area contributed by atoms with E-state index < -0.39 is 0 Å². The highest BCUT2D eigenvalue weighted by Gasteiger charge is 2.38. The van der Waals surface area contributed by atoms with Gasteiger partial charge in [0.1, 0.15) is 5.76 Å². The summed E-state index contributed by atoms with van der Waals surface area (Å²) in [6.45, 7) is 3.72. The highest BCUT2D eigenvalue weighted by molar-refractivity contribution is 6.30. The van der Waals surface area contributed by atoms with E-state index in [1.54, 1.807) is 43.8 Å². The molecule has 4 atom stereocenters. The van der Waals surface area contributed by atoms with Crippen molar-refractivity contribution < 1.29 is 9.53 Å². The van der Waals surface area contributed by atoms with Gasteiger partial charge in [0, 0.05) is 48.2 Å². The van der Waals surface area contributed by atoms with E-state index in [0.29, 0.717) is 10.7 Å². The van der Waals surface area contributed by atoms with Crippen LogP contribution in [0, 0.1) is 17.8 Å². The van der Waals surface area contributed by atoms with Gasteiger partial charge in [-0.1, -0.05) is 24.6 Å². The van der Waals surface area contributed by atoms with Gasteiger partial charge in [-0.05, 0) is 60.7 Å². The van der Waals surface area contributed by atoms with Crippen LogP contribution in [0.4, 0.5) is 16.4 Å². The van der Waals surface area contributed by atoms with Crippen molar-refractivity contribution in [2.24, 2.45) is 17.8 Å². The molecule has 8 heteroatoms. The minimum atomic E-state index is -0.215. The fourth-order valence-electron chi connectivity index (χ4n) is 4.53. The summed E-state index contributed by atoms with van der Waals surface area (Å²) in [4.78, 5) is 23.8. The summed E-state index contributed by atoms with van der Waals surface area (Å²) in [5, 5.41) is 6.76. The lowest BCUT2D eigenvalue weighted by atomic mass is 9.73. The normalized spacial score (nSPS) is 25.1. The third-order valence-corrected chi connectivity index (χ3v) is 6.41. The first-order valence-corrected chi connectivity index (χ1v) is 11.2. The Bertz CT molecular complexity index is 980. The number of aromatic nitrogens is 2. The van der Waals surface area contributed by atoms with Crippen LogP contribution in [0.5, 0.6) is 0 Å². The molecule has 1 aromatic heterocycles. The number of rotatable bonds is 5. The molecule has 0 radical (unpaired) electrons. The minimum absolute atomic E-state index is 0.0110. The molecule has 4 rings (SSSR count). The fraction of sp³-hybridized carbons (Fsp3) is 0.375. The zero-order valence-corrected chi connectivity index (χ0v) is 19.0. The summed E-state index contributed by atoms with van der Waals surface area (Å²) >= 11 is 5.94. The third kappa shape index (κ3) is 5.22. The van der Waals surface area contributed by atoms with Crippen LogP contribution in [-0.4, -0.2) is 42.2 Å². The lowest BCUT2D eigenvalue weighted by molar-refractivity contribution is 0.204. The highest BCUT2D eigenvalue weighted by Crippen LogP contribution is 2.35. The number of hydrogen-bond acceptors (Lipinski definition) is 5. The van der Waals surface area contributed by atoms with Gasteiger partial charge >= 0.3 is 6.03 Å². The van der Waals surface area contributed by atoms with E-state index in [-0.39, 0.29) is 29.8 Å². The number of carbonyl (C=O) groups excluding carboxylic acids is 1. The zero-order chi connectivity index (χ0) is 22.5. The fourth-order valence-corrected chi connectivity index (χ4v) is 4.66. The summed E-state index contributed by atoms with van der Waals surface area (Å²) in [6, 6.07) is 8.71. The van der Waals surface area contributed by atoms with Crippen molar-refractivity contribution in [3.05, 3.63) is 71.7 Å². The van der Waals surface area contributed by atoms with Crippen LogP contribution in [0.1, 0.15) is 13.3 Å². The van der Waals surface area contributed by atoms with E-state index in [1.807, 2.05) is 12.1 Å². The average molecular weight is 454 g/mol. The number of allylic oxidation sites excluding steroid dienone is 3. The number of halogens is 1.